The summed E-state index contributed by atoms with van der Waals surface area (Å²) >= 11 is 0. The van der Waals surface area contributed by atoms with Crippen LogP contribution in [0.25, 0.3) is 0 Å². The van der Waals surface area contributed by atoms with E-state index in [1.807, 2.05) is 6.92 Å². The summed E-state index contributed by atoms with van der Waals surface area (Å²) in [5.41, 5.74) is 4.26. The quantitative estimate of drug-likeness (QED) is 0.877. The first-order chi connectivity index (χ1) is 8.58. The number of nitrogens with zero attached hydrogens (tertiary/aromatic N) is 1. The molecule has 1 unspecified atom stereocenters. The van der Waals surface area contributed by atoms with E-state index in [2.05, 4.69) is 23.5 Å². The van der Waals surface area contributed by atoms with Gasteiger partial charge in [-0.05, 0) is 42.9 Å². The summed E-state index contributed by atoms with van der Waals surface area (Å²) in [6.45, 7) is 2.67. The lowest BCUT2D eigenvalue weighted by Gasteiger charge is -2.18. The number of amides is 1. The molecule has 1 amide bonds. The third-order valence-corrected chi connectivity index (χ3v) is 3.59. The van der Waals surface area contributed by atoms with Gasteiger partial charge in [-0.1, -0.05) is 18.2 Å². The van der Waals surface area contributed by atoms with Crippen LogP contribution in [-0.4, -0.2) is 30.9 Å². The smallest absolute Gasteiger partial charge is 0.238 e. The third-order valence-electron chi connectivity index (χ3n) is 3.59. The van der Waals surface area contributed by atoms with E-state index in [-0.39, 0.29) is 11.9 Å². The summed E-state index contributed by atoms with van der Waals surface area (Å²) in [6.07, 6.45) is 3.70. The largest absolute Gasteiger partial charge is 0.347 e. The molecule has 0 saturated carbocycles. The number of carbonyl (C=O) groups is 1. The van der Waals surface area contributed by atoms with Gasteiger partial charge in [-0.15, -0.1) is 0 Å². The van der Waals surface area contributed by atoms with Gasteiger partial charge in [0.1, 0.15) is 0 Å². The Kier molecular flexibility index (Phi) is 4.02. The van der Waals surface area contributed by atoms with Gasteiger partial charge in [0.05, 0.1) is 6.04 Å². The zero-order valence-electron chi connectivity index (χ0n) is 11.5. The molecule has 1 aliphatic rings. The van der Waals surface area contributed by atoms with Gasteiger partial charge < -0.3 is 10.2 Å². The zero-order valence-corrected chi connectivity index (χ0v) is 11.5. The number of likely N-dealkylation sites (N-methyl/N-ethyl adjacent to an activating group) is 1. The normalized spacial score (nSPS) is 15.3. The van der Waals surface area contributed by atoms with Crippen LogP contribution < -0.4 is 5.32 Å². The molecule has 0 heterocycles. The van der Waals surface area contributed by atoms with Gasteiger partial charge in [-0.25, -0.2) is 0 Å². The third kappa shape index (κ3) is 2.91. The van der Waals surface area contributed by atoms with Crippen molar-refractivity contribution in [2.75, 3.05) is 14.1 Å². The second-order valence-electron chi connectivity index (χ2n) is 5.29. The van der Waals surface area contributed by atoms with E-state index >= 15 is 0 Å². The molecule has 3 nitrogen and oxygen atoms in total. The molecule has 0 saturated heterocycles. The van der Waals surface area contributed by atoms with Crippen molar-refractivity contribution in [3.63, 3.8) is 0 Å². The Morgan fingerprint density at radius 2 is 2.06 bits per heavy atom. The molecule has 1 aromatic carbocycles. The highest BCUT2D eigenvalue weighted by Crippen LogP contribution is 2.22. The lowest BCUT2D eigenvalue weighted by atomic mass is 10.1. The molecule has 0 spiro atoms. The number of aryl methyl sites for hydroxylation is 2. The van der Waals surface area contributed by atoms with Crippen LogP contribution in [0.2, 0.25) is 0 Å². The predicted molar refractivity (Wildman–Crippen MR) is 73.5 cm³/mol. The molecule has 0 aromatic heterocycles. The number of fused-ring (bicyclic) bond motifs is 1. The fourth-order valence-electron chi connectivity index (χ4n) is 2.48. The second kappa shape index (κ2) is 5.53. The van der Waals surface area contributed by atoms with Gasteiger partial charge in [0.2, 0.25) is 5.91 Å². The molecule has 2 rings (SSSR count). The van der Waals surface area contributed by atoms with Gasteiger partial charge in [-0.3, -0.25) is 4.79 Å². The van der Waals surface area contributed by atoms with Crippen molar-refractivity contribution < 1.29 is 4.79 Å². The minimum absolute atomic E-state index is 0.121. The van der Waals surface area contributed by atoms with E-state index in [9.17, 15) is 4.79 Å². The van der Waals surface area contributed by atoms with Crippen molar-refractivity contribution in [3.05, 3.63) is 34.9 Å². The Morgan fingerprint density at radius 3 is 2.78 bits per heavy atom. The van der Waals surface area contributed by atoms with Gasteiger partial charge in [-0.2, -0.15) is 0 Å². The lowest BCUT2D eigenvalue weighted by Crippen LogP contribution is -2.41. The molecule has 1 aromatic rings. The molecule has 0 radical (unpaired) electrons. The molecule has 3 heteroatoms. The molecule has 1 atom stereocenters. The van der Waals surface area contributed by atoms with Crippen molar-refractivity contribution in [2.45, 2.75) is 38.8 Å². The van der Waals surface area contributed by atoms with Crippen LogP contribution in [0.15, 0.2) is 18.2 Å². The highest BCUT2D eigenvalue weighted by Gasteiger charge is 2.15. The second-order valence-corrected chi connectivity index (χ2v) is 5.29. The number of rotatable bonds is 4. The van der Waals surface area contributed by atoms with E-state index in [0.717, 1.165) is 6.54 Å². The van der Waals surface area contributed by atoms with Crippen LogP contribution >= 0.6 is 0 Å². The Bertz CT molecular complexity index is 440. The van der Waals surface area contributed by atoms with E-state index in [1.54, 1.807) is 19.0 Å². The highest BCUT2D eigenvalue weighted by atomic mass is 16.2. The summed E-state index contributed by atoms with van der Waals surface area (Å²) in [6, 6.07) is 6.55. The number of hydrogen-bond donors (Lipinski definition) is 1. The van der Waals surface area contributed by atoms with E-state index in [4.69, 9.17) is 0 Å². The van der Waals surface area contributed by atoms with Gasteiger partial charge >= 0.3 is 0 Å². The fraction of sp³-hybridized carbons (Fsp3) is 0.533. The van der Waals surface area contributed by atoms with Crippen molar-refractivity contribution in [1.82, 2.24) is 10.2 Å². The fourth-order valence-corrected chi connectivity index (χ4v) is 2.48. The molecule has 0 aliphatic heterocycles. The lowest BCUT2D eigenvalue weighted by molar-refractivity contribution is -0.130. The maximum absolute atomic E-state index is 11.7. The Balaban J connectivity index is 1.92. The van der Waals surface area contributed by atoms with Gasteiger partial charge in [0.25, 0.3) is 0 Å². The molecule has 0 bridgehead atoms. The highest BCUT2D eigenvalue weighted by molar-refractivity contribution is 5.80. The SMILES string of the molecule is CC(NCc1ccc2c(c1)CCC2)C(=O)N(C)C. The summed E-state index contributed by atoms with van der Waals surface area (Å²) in [4.78, 5) is 13.3. The van der Waals surface area contributed by atoms with Crippen LogP contribution in [0.1, 0.15) is 30.0 Å². The first-order valence-electron chi connectivity index (χ1n) is 6.63. The van der Waals surface area contributed by atoms with Gasteiger partial charge in [0, 0.05) is 20.6 Å². The standard InChI is InChI=1S/C15H22N2O/c1-11(15(18)17(2)3)16-10-12-7-8-13-5-4-6-14(13)9-12/h7-9,11,16H,4-6,10H2,1-3H3. The Labute approximate surface area is 109 Å². The summed E-state index contributed by atoms with van der Waals surface area (Å²) in [5, 5.41) is 3.28. The molecule has 18 heavy (non-hydrogen) atoms. The zero-order chi connectivity index (χ0) is 13.1. The van der Waals surface area contributed by atoms with Crippen molar-refractivity contribution in [2.24, 2.45) is 0 Å². The monoisotopic (exact) mass is 246 g/mol. The molecule has 1 N–H and O–H groups in total. The van der Waals surface area contributed by atoms with Crippen LogP contribution in [-0.2, 0) is 24.2 Å². The maximum Gasteiger partial charge on any atom is 0.238 e. The van der Waals surface area contributed by atoms with Crippen LogP contribution in [0.5, 0.6) is 0 Å². The summed E-state index contributed by atoms with van der Waals surface area (Å²) < 4.78 is 0. The average Bonchev–Trinajstić information content (AvgIpc) is 2.82. The number of nitrogens with one attached hydrogen (secondary N) is 1. The predicted octanol–water partition coefficient (Wildman–Crippen LogP) is 1.74. The first-order valence-corrected chi connectivity index (χ1v) is 6.63. The molecular formula is C15H22N2O. The minimum atomic E-state index is -0.131. The molecule has 98 valence electrons. The van der Waals surface area contributed by atoms with Crippen molar-refractivity contribution >= 4 is 5.91 Å². The average molecular weight is 246 g/mol. The molecule has 0 fully saturated rings. The van der Waals surface area contributed by atoms with Crippen LogP contribution in [0.4, 0.5) is 0 Å². The van der Waals surface area contributed by atoms with E-state index in [1.165, 1.54) is 36.0 Å². The van der Waals surface area contributed by atoms with Crippen LogP contribution in [0.3, 0.4) is 0 Å². The molecular weight excluding hydrogens is 224 g/mol. The maximum atomic E-state index is 11.7. The summed E-state index contributed by atoms with van der Waals surface area (Å²) in [7, 11) is 3.58. The van der Waals surface area contributed by atoms with Crippen LogP contribution in [0, 0.1) is 0 Å². The van der Waals surface area contributed by atoms with Crippen molar-refractivity contribution in [3.8, 4) is 0 Å². The summed E-state index contributed by atoms with van der Waals surface area (Å²) in [5.74, 6) is 0.121. The van der Waals surface area contributed by atoms with E-state index in [0.29, 0.717) is 0 Å². The number of hydrogen-bond acceptors (Lipinski definition) is 2. The Morgan fingerprint density at radius 1 is 1.33 bits per heavy atom. The minimum Gasteiger partial charge on any atom is -0.347 e. The topological polar surface area (TPSA) is 32.3 Å². The van der Waals surface area contributed by atoms with E-state index < -0.39 is 0 Å². The number of carbonyl (C=O) groups excluding carboxylic acids is 1. The Hall–Kier alpha value is -1.35. The van der Waals surface area contributed by atoms with Gasteiger partial charge in [0.15, 0.2) is 0 Å². The number of benzene rings is 1. The van der Waals surface area contributed by atoms with Crippen molar-refractivity contribution in [1.29, 1.82) is 0 Å². The molecule has 1 aliphatic carbocycles. The first kappa shape index (κ1) is 13.1.